The molecular formula is C12H16ClNO. The van der Waals surface area contributed by atoms with E-state index in [9.17, 15) is 0 Å². The molecule has 1 aromatic carbocycles. The third kappa shape index (κ3) is 1.89. The molecule has 0 spiro atoms. The second kappa shape index (κ2) is 3.78. The first kappa shape index (κ1) is 10.9. The summed E-state index contributed by atoms with van der Waals surface area (Å²) in [5, 5.41) is 0.770. The molecule has 0 amide bonds. The molecule has 0 aromatic heterocycles. The Kier molecular flexibility index (Phi) is 2.75. The van der Waals surface area contributed by atoms with Gasteiger partial charge in [-0.25, -0.2) is 0 Å². The Morgan fingerprint density at radius 1 is 1.40 bits per heavy atom. The van der Waals surface area contributed by atoms with Gasteiger partial charge in [0, 0.05) is 16.1 Å². The lowest BCUT2D eigenvalue weighted by molar-refractivity contribution is 0.0400. The van der Waals surface area contributed by atoms with E-state index in [1.165, 1.54) is 0 Å². The van der Waals surface area contributed by atoms with Crippen LogP contribution in [0.1, 0.15) is 25.6 Å². The molecule has 0 N–H and O–H groups in total. The van der Waals surface area contributed by atoms with Crippen molar-refractivity contribution in [3.8, 4) is 0 Å². The molecule has 2 nitrogen and oxygen atoms in total. The summed E-state index contributed by atoms with van der Waals surface area (Å²) in [4.78, 5) is 2.22. The van der Waals surface area contributed by atoms with E-state index in [4.69, 9.17) is 16.3 Å². The summed E-state index contributed by atoms with van der Waals surface area (Å²) in [6, 6.07) is 7.85. The van der Waals surface area contributed by atoms with Crippen LogP contribution in [0.4, 0.5) is 0 Å². The number of likely N-dealkylation sites (N-methyl/N-ethyl adjacent to an activating group) is 1. The minimum absolute atomic E-state index is 0.0197. The molecule has 1 fully saturated rings. The molecular weight excluding hydrogens is 210 g/mol. The highest BCUT2D eigenvalue weighted by Crippen LogP contribution is 2.37. The average Bonchev–Trinajstić information content (AvgIpc) is 2.44. The predicted molar refractivity (Wildman–Crippen MR) is 62.0 cm³/mol. The van der Waals surface area contributed by atoms with Crippen molar-refractivity contribution in [2.45, 2.75) is 25.6 Å². The molecule has 1 heterocycles. The van der Waals surface area contributed by atoms with Crippen molar-refractivity contribution >= 4 is 11.6 Å². The summed E-state index contributed by atoms with van der Waals surface area (Å²) in [5.74, 6) is 0. The van der Waals surface area contributed by atoms with Gasteiger partial charge in [-0.2, -0.15) is 0 Å². The Hall–Kier alpha value is -0.570. The summed E-state index contributed by atoms with van der Waals surface area (Å²) in [5.41, 5.74) is 1.12. The second-order valence-corrected chi connectivity index (χ2v) is 5.02. The van der Waals surface area contributed by atoms with E-state index in [-0.39, 0.29) is 11.8 Å². The quantitative estimate of drug-likeness (QED) is 0.729. The first-order valence-corrected chi connectivity index (χ1v) is 5.49. The maximum Gasteiger partial charge on any atom is 0.138 e. The lowest BCUT2D eigenvalue weighted by atomic mass is 10.1. The number of ether oxygens (including phenoxy) is 1. The van der Waals surface area contributed by atoms with Crippen LogP contribution in [0.25, 0.3) is 0 Å². The number of benzene rings is 1. The molecule has 0 aliphatic carbocycles. The number of halogens is 1. The van der Waals surface area contributed by atoms with Crippen LogP contribution in [0.3, 0.4) is 0 Å². The highest BCUT2D eigenvalue weighted by molar-refractivity contribution is 6.31. The molecule has 0 bridgehead atoms. The van der Waals surface area contributed by atoms with E-state index in [2.05, 4.69) is 25.8 Å². The fourth-order valence-corrected chi connectivity index (χ4v) is 2.02. The third-order valence-corrected chi connectivity index (χ3v) is 3.42. The van der Waals surface area contributed by atoms with Gasteiger partial charge in [0.25, 0.3) is 0 Å². The van der Waals surface area contributed by atoms with Crippen molar-refractivity contribution in [2.24, 2.45) is 0 Å². The monoisotopic (exact) mass is 225 g/mol. The van der Waals surface area contributed by atoms with Gasteiger partial charge in [-0.3, -0.25) is 4.90 Å². The van der Waals surface area contributed by atoms with Crippen LogP contribution < -0.4 is 0 Å². The lowest BCUT2D eigenvalue weighted by Crippen LogP contribution is -2.38. The van der Waals surface area contributed by atoms with Crippen molar-refractivity contribution in [2.75, 3.05) is 13.7 Å². The smallest absolute Gasteiger partial charge is 0.138 e. The van der Waals surface area contributed by atoms with Crippen molar-refractivity contribution in [1.29, 1.82) is 0 Å². The Bertz CT molecular complexity index is 364. The highest BCUT2D eigenvalue weighted by atomic mass is 35.5. The Labute approximate surface area is 95.8 Å². The lowest BCUT2D eigenvalue weighted by Gasteiger charge is -2.29. The minimum atomic E-state index is -0.0197. The molecule has 0 unspecified atom stereocenters. The van der Waals surface area contributed by atoms with Crippen molar-refractivity contribution in [1.82, 2.24) is 4.90 Å². The van der Waals surface area contributed by atoms with Crippen molar-refractivity contribution < 1.29 is 4.74 Å². The zero-order chi connectivity index (χ0) is 11.1. The van der Waals surface area contributed by atoms with E-state index in [0.29, 0.717) is 0 Å². The molecule has 1 aromatic rings. The molecule has 3 heteroatoms. The van der Waals surface area contributed by atoms with Gasteiger partial charge in [0.15, 0.2) is 0 Å². The van der Waals surface area contributed by atoms with Crippen LogP contribution in [0, 0.1) is 0 Å². The van der Waals surface area contributed by atoms with Gasteiger partial charge in [0.1, 0.15) is 6.23 Å². The first-order chi connectivity index (χ1) is 7.02. The number of rotatable bonds is 1. The third-order valence-electron chi connectivity index (χ3n) is 3.07. The second-order valence-electron chi connectivity index (χ2n) is 4.61. The van der Waals surface area contributed by atoms with Gasteiger partial charge in [-0.15, -0.1) is 0 Å². The normalized spacial score (nSPS) is 25.7. The summed E-state index contributed by atoms with van der Waals surface area (Å²) >= 11 is 6.16. The van der Waals surface area contributed by atoms with Gasteiger partial charge < -0.3 is 4.74 Å². The molecule has 1 aliphatic heterocycles. The summed E-state index contributed by atoms with van der Waals surface area (Å²) in [6.07, 6.45) is -0.0197. The molecule has 0 radical (unpaired) electrons. The largest absolute Gasteiger partial charge is 0.357 e. The summed E-state index contributed by atoms with van der Waals surface area (Å²) in [7, 11) is 2.07. The zero-order valence-electron chi connectivity index (χ0n) is 9.33. The first-order valence-electron chi connectivity index (χ1n) is 5.11. The van der Waals surface area contributed by atoms with Crippen LogP contribution in [0.15, 0.2) is 24.3 Å². The van der Waals surface area contributed by atoms with E-state index in [0.717, 1.165) is 17.2 Å². The van der Waals surface area contributed by atoms with Crippen LogP contribution in [0.2, 0.25) is 5.02 Å². The molecule has 15 heavy (non-hydrogen) atoms. The number of hydrogen-bond donors (Lipinski definition) is 0. The number of hydrogen-bond acceptors (Lipinski definition) is 2. The topological polar surface area (TPSA) is 12.5 Å². The molecule has 1 saturated heterocycles. The van der Waals surface area contributed by atoms with Crippen LogP contribution in [-0.2, 0) is 4.74 Å². The fraction of sp³-hybridized carbons (Fsp3) is 0.500. The van der Waals surface area contributed by atoms with Gasteiger partial charge in [-0.05, 0) is 27.0 Å². The van der Waals surface area contributed by atoms with Crippen molar-refractivity contribution in [3.63, 3.8) is 0 Å². The summed E-state index contributed by atoms with van der Waals surface area (Å²) < 4.78 is 5.79. The average molecular weight is 226 g/mol. The Morgan fingerprint density at radius 3 is 2.60 bits per heavy atom. The standard InChI is InChI=1S/C12H16ClNO/c1-12(2)8-15-11(14(12)3)9-6-4-5-7-10(9)13/h4-7,11H,8H2,1-3H3/t11-/m0/s1. The van der Waals surface area contributed by atoms with Gasteiger partial charge >= 0.3 is 0 Å². The predicted octanol–water partition coefficient (Wildman–Crippen LogP) is 3.08. The van der Waals surface area contributed by atoms with Crippen LogP contribution in [0.5, 0.6) is 0 Å². The maximum atomic E-state index is 6.16. The van der Waals surface area contributed by atoms with E-state index in [1.807, 2.05) is 24.3 Å². The van der Waals surface area contributed by atoms with Gasteiger partial charge in [0.05, 0.1) is 6.61 Å². The molecule has 0 saturated carbocycles. The van der Waals surface area contributed by atoms with E-state index >= 15 is 0 Å². The van der Waals surface area contributed by atoms with Crippen molar-refractivity contribution in [3.05, 3.63) is 34.9 Å². The van der Waals surface area contributed by atoms with E-state index in [1.54, 1.807) is 0 Å². The maximum absolute atomic E-state index is 6.16. The van der Waals surface area contributed by atoms with Crippen LogP contribution >= 0.6 is 11.6 Å². The van der Waals surface area contributed by atoms with Gasteiger partial charge in [0.2, 0.25) is 0 Å². The fourth-order valence-electron chi connectivity index (χ4n) is 1.79. The van der Waals surface area contributed by atoms with E-state index < -0.39 is 0 Å². The molecule has 2 rings (SSSR count). The minimum Gasteiger partial charge on any atom is -0.357 e. The summed E-state index contributed by atoms with van der Waals surface area (Å²) in [6.45, 7) is 5.08. The molecule has 1 aliphatic rings. The Balaban J connectivity index is 2.31. The van der Waals surface area contributed by atoms with Gasteiger partial charge in [-0.1, -0.05) is 29.8 Å². The Morgan fingerprint density at radius 2 is 2.07 bits per heavy atom. The van der Waals surface area contributed by atoms with Crippen LogP contribution in [-0.4, -0.2) is 24.1 Å². The highest BCUT2D eigenvalue weighted by Gasteiger charge is 2.38. The zero-order valence-corrected chi connectivity index (χ0v) is 10.1. The SMILES string of the molecule is CN1[C@H](c2ccccc2Cl)OCC1(C)C. The molecule has 82 valence electrons. The molecule has 1 atom stereocenters. The number of nitrogens with zero attached hydrogens (tertiary/aromatic N) is 1.